The molecule has 0 saturated heterocycles. The first-order valence-electron chi connectivity index (χ1n) is 10.1. The number of amides is 1. The zero-order valence-corrected chi connectivity index (χ0v) is 19.4. The average Bonchev–Trinajstić information content (AvgIpc) is 3.35. The maximum Gasteiger partial charge on any atom is 0.438 e. The van der Waals surface area contributed by atoms with Crippen LogP contribution in [0.1, 0.15) is 16.1 Å². The minimum atomic E-state index is -0.761. The van der Waals surface area contributed by atoms with Gasteiger partial charge in [-0.3, -0.25) is 19.0 Å². The smallest absolute Gasteiger partial charge is 0.438 e. The molecule has 0 saturated carbocycles. The van der Waals surface area contributed by atoms with Crippen molar-refractivity contribution in [3.05, 3.63) is 75.9 Å². The number of rotatable bonds is 7. The van der Waals surface area contributed by atoms with Crippen LogP contribution in [-0.2, 0) is 11.8 Å². The number of carbonyl (C=O) groups excluding carboxylic acids is 2. The fourth-order valence-electron chi connectivity index (χ4n) is 3.41. The van der Waals surface area contributed by atoms with Crippen LogP contribution in [-0.4, -0.2) is 42.1 Å². The van der Waals surface area contributed by atoms with Crippen LogP contribution < -0.4 is 24.7 Å². The number of nitrogens with one attached hydrogen (secondary N) is 1. The van der Waals surface area contributed by atoms with Gasteiger partial charge in [0.25, 0.3) is 5.91 Å². The van der Waals surface area contributed by atoms with Gasteiger partial charge in [0.1, 0.15) is 5.70 Å². The molecule has 0 bridgehead atoms. The molecule has 0 fully saturated rings. The lowest BCUT2D eigenvalue weighted by molar-refractivity contribution is -0.741. The zero-order chi connectivity index (χ0) is 24.2. The number of nitrogens with zero attached hydrogens (tertiary/aromatic N) is 3. The Morgan fingerprint density at radius 2 is 1.91 bits per heavy atom. The molecule has 2 heterocycles. The third-order valence-electron chi connectivity index (χ3n) is 4.97. The van der Waals surface area contributed by atoms with Crippen LogP contribution in [0.3, 0.4) is 0 Å². The van der Waals surface area contributed by atoms with Crippen LogP contribution in [0.4, 0.5) is 5.69 Å². The number of aryl methyl sites for hydroxylation is 1. The fourth-order valence-corrected chi connectivity index (χ4v) is 4.29. The van der Waals surface area contributed by atoms with Gasteiger partial charge in [-0.2, -0.15) is 0 Å². The number of methoxy groups -OCH3 is 2. The van der Waals surface area contributed by atoms with E-state index in [-0.39, 0.29) is 23.1 Å². The van der Waals surface area contributed by atoms with Gasteiger partial charge in [-0.15, -0.1) is 0 Å². The first kappa shape index (κ1) is 23.1. The van der Waals surface area contributed by atoms with Gasteiger partial charge in [-0.1, -0.05) is 46.8 Å². The molecule has 4 rings (SSSR count). The van der Waals surface area contributed by atoms with Gasteiger partial charge in [0.15, 0.2) is 23.7 Å². The molecule has 10 nitrogen and oxygen atoms in total. The largest absolute Gasteiger partial charge is 0.493 e. The van der Waals surface area contributed by atoms with Crippen LogP contribution in [0.5, 0.6) is 11.5 Å². The molecule has 1 aliphatic heterocycles. The second kappa shape index (κ2) is 9.79. The standard InChI is InChI=1S/C23H20N4O6S/c1-26-19(22(30)33-25-26)17(28)13-34-23-24-16(21(29)27(23)15-9-5-4-6-10-15)12-14-8-7-11-18(31-2)20(14)32-3/h4-12H,13H2,1-3H3/p+1/b16-12+. The number of thioether (sulfide) groups is 1. The van der Waals surface area contributed by atoms with Crippen molar-refractivity contribution >= 4 is 40.4 Å². The second-order valence-electron chi connectivity index (χ2n) is 7.08. The molecular weight excluding hydrogens is 460 g/mol. The molecule has 0 radical (unpaired) electrons. The summed E-state index contributed by atoms with van der Waals surface area (Å²) < 4.78 is 16.6. The molecule has 1 N–H and O–H groups in total. The third kappa shape index (κ3) is 4.37. The molecule has 1 amide bonds. The van der Waals surface area contributed by atoms with Crippen molar-refractivity contribution in [3.8, 4) is 11.5 Å². The number of anilines is 1. The maximum atomic E-state index is 13.4. The van der Waals surface area contributed by atoms with Gasteiger partial charge in [-0.05, 0) is 29.5 Å². The number of aromatic nitrogens is 2. The van der Waals surface area contributed by atoms with E-state index in [9.17, 15) is 14.4 Å². The Bertz CT molecular complexity index is 1360. The van der Waals surface area contributed by atoms with Crippen LogP contribution in [0.2, 0.25) is 0 Å². The molecule has 0 atom stereocenters. The molecule has 0 unspecified atom stereocenters. The van der Waals surface area contributed by atoms with Crippen molar-refractivity contribution in [2.75, 3.05) is 24.9 Å². The molecule has 11 heteroatoms. The van der Waals surface area contributed by atoms with Gasteiger partial charge in [0.05, 0.1) is 25.7 Å². The number of H-pyrrole nitrogens is 1. The minimum absolute atomic E-state index is 0.123. The Kier molecular flexibility index (Phi) is 6.64. The van der Waals surface area contributed by atoms with Crippen molar-refractivity contribution in [2.45, 2.75) is 0 Å². The number of Topliss-reactive ketones (excluding diaryl/α,β-unsaturated/α-hetero) is 1. The van der Waals surface area contributed by atoms with E-state index in [1.807, 2.05) is 6.07 Å². The number of aliphatic imine (C=N–C) groups is 1. The molecule has 0 aliphatic carbocycles. The van der Waals surface area contributed by atoms with Crippen LogP contribution in [0, 0.1) is 0 Å². The highest BCUT2D eigenvalue weighted by molar-refractivity contribution is 8.14. The van der Waals surface area contributed by atoms with Crippen molar-refractivity contribution < 1.29 is 28.3 Å². The fraction of sp³-hybridized carbons (Fsp3) is 0.174. The summed E-state index contributed by atoms with van der Waals surface area (Å²) in [6, 6.07) is 14.3. The predicted molar refractivity (Wildman–Crippen MR) is 126 cm³/mol. The number of ketones is 1. The summed E-state index contributed by atoms with van der Waals surface area (Å²) in [5.74, 6) is 0.0383. The molecule has 2 aromatic carbocycles. The first-order chi connectivity index (χ1) is 16.4. The van der Waals surface area contributed by atoms with Crippen LogP contribution in [0.25, 0.3) is 6.08 Å². The van der Waals surface area contributed by atoms with Crippen molar-refractivity contribution in [3.63, 3.8) is 0 Å². The minimum Gasteiger partial charge on any atom is -0.493 e. The van der Waals surface area contributed by atoms with E-state index in [0.29, 0.717) is 27.9 Å². The molecule has 0 spiro atoms. The van der Waals surface area contributed by atoms with Crippen LogP contribution in [0.15, 0.2) is 68.5 Å². The monoisotopic (exact) mass is 481 g/mol. The third-order valence-corrected chi connectivity index (χ3v) is 5.91. The number of carbonyl (C=O) groups is 2. The molecule has 1 aliphatic rings. The Morgan fingerprint density at radius 1 is 1.15 bits per heavy atom. The zero-order valence-electron chi connectivity index (χ0n) is 18.6. The molecule has 174 valence electrons. The highest BCUT2D eigenvalue weighted by atomic mass is 32.2. The van der Waals surface area contributed by atoms with E-state index in [2.05, 4.69) is 14.8 Å². The SMILES string of the molecule is COc1cccc(/C=C2/N=C(SCC(=O)c3c(=O)o[nH][n+]3C)N(c3ccccc3)C2=O)c1OC. The second-order valence-corrected chi connectivity index (χ2v) is 8.03. The van der Waals surface area contributed by atoms with Gasteiger partial charge < -0.3 is 9.47 Å². The van der Waals surface area contributed by atoms with E-state index < -0.39 is 11.4 Å². The van der Waals surface area contributed by atoms with Crippen molar-refractivity contribution in [1.82, 2.24) is 5.27 Å². The maximum absolute atomic E-state index is 13.4. The summed E-state index contributed by atoms with van der Waals surface area (Å²) in [6.45, 7) is 0. The number of benzene rings is 2. The Hall–Kier alpha value is -4.12. The quantitative estimate of drug-likeness (QED) is 0.312. The number of amidine groups is 1. The molecule has 34 heavy (non-hydrogen) atoms. The summed E-state index contributed by atoms with van der Waals surface area (Å²) in [6.07, 6.45) is 1.61. The number of hydrogen-bond donors (Lipinski definition) is 1. The molecule has 1 aromatic heterocycles. The highest BCUT2D eigenvalue weighted by Gasteiger charge is 2.34. The van der Waals surface area contributed by atoms with Crippen molar-refractivity contribution in [1.29, 1.82) is 0 Å². The van der Waals surface area contributed by atoms with E-state index in [1.165, 1.54) is 30.8 Å². The lowest BCUT2D eigenvalue weighted by Crippen LogP contribution is -2.40. The first-order valence-corrected chi connectivity index (χ1v) is 11.1. The van der Waals surface area contributed by atoms with E-state index in [4.69, 9.17) is 9.47 Å². The summed E-state index contributed by atoms with van der Waals surface area (Å²) in [7, 11) is 4.54. The predicted octanol–water partition coefficient (Wildman–Crippen LogP) is 2.17. The summed E-state index contributed by atoms with van der Waals surface area (Å²) in [5, 5.41) is 2.62. The van der Waals surface area contributed by atoms with E-state index in [1.54, 1.807) is 48.5 Å². The summed E-state index contributed by atoms with van der Waals surface area (Å²) in [5.41, 5.74) is 0.487. The highest BCUT2D eigenvalue weighted by Crippen LogP contribution is 2.35. The number of aromatic amines is 1. The van der Waals surface area contributed by atoms with E-state index in [0.717, 1.165) is 11.8 Å². The van der Waals surface area contributed by atoms with Gasteiger partial charge >= 0.3 is 11.3 Å². The van der Waals surface area contributed by atoms with E-state index >= 15 is 0 Å². The normalized spacial score (nSPS) is 14.4. The molecule has 3 aromatic rings. The average molecular weight is 482 g/mol. The lowest BCUT2D eigenvalue weighted by Gasteiger charge is -2.17. The van der Waals surface area contributed by atoms with Crippen LogP contribution >= 0.6 is 11.8 Å². The van der Waals surface area contributed by atoms with Gasteiger partial charge in [0, 0.05) is 5.56 Å². The van der Waals surface area contributed by atoms with Crippen molar-refractivity contribution in [2.24, 2.45) is 12.0 Å². The number of ether oxygens (including phenoxy) is 2. The molecular formula is C23H21N4O6S+. The summed E-state index contributed by atoms with van der Waals surface area (Å²) in [4.78, 5) is 43.7. The number of para-hydroxylation sites is 2. The Balaban J connectivity index is 1.69. The summed E-state index contributed by atoms with van der Waals surface area (Å²) >= 11 is 1.05. The van der Waals surface area contributed by atoms with Gasteiger partial charge in [-0.25, -0.2) is 9.79 Å². The lowest BCUT2D eigenvalue weighted by atomic mass is 10.1. The Labute approximate surface area is 198 Å². The van der Waals surface area contributed by atoms with Gasteiger partial charge in [0.2, 0.25) is 5.78 Å². The number of hydrogen-bond acceptors (Lipinski definition) is 8. The topological polar surface area (TPSA) is 118 Å². The Morgan fingerprint density at radius 3 is 2.56 bits per heavy atom.